The Morgan fingerprint density at radius 1 is 1.11 bits per heavy atom. The number of amides is 4. The van der Waals surface area contributed by atoms with E-state index in [1.54, 1.807) is 25.2 Å². The normalized spacial score (nSPS) is 26.3. The van der Waals surface area contributed by atoms with Gasteiger partial charge in [0.25, 0.3) is 11.5 Å². The van der Waals surface area contributed by atoms with Gasteiger partial charge in [-0.3, -0.25) is 23.9 Å². The monoisotopic (exact) mass is 780 g/mol. The predicted molar refractivity (Wildman–Crippen MR) is 200 cm³/mol. The first-order chi connectivity index (χ1) is 25.8. The first-order valence-electron chi connectivity index (χ1n) is 18.3. The highest BCUT2D eigenvalue weighted by Gasteiger charge is 2.62. The summed E-state index contributed by atoms with van der Waals surface area (Å²) < 4.78 is 41.3. The number of fused-ring (bicyclic) bond motifs is 13. The molecule has 288 valence electrons. The molecule has 15 nitrogen and oxygen atoms in total. The van der Waals surface area contributed by atoms with E-state index >= 15 is 0 Å². The quantitative estimate of drug-likeness (QED) is 0.286. The topological polar surface area (TPSA) is 195 Å². The van der Waals surface area contributed by atoms with Crippen molar-refractivity contribution >= 4 is 55.3 Å². The van der Waals surface area contributed by atoms with Crippen molar-refractivity contribution in [1.82, 2.24) is 30.0 Å². The van der Waals surface area contributed by atoms with Gasteiger partial charge in [-0.2, -0.15) is 5.10 Å². The number of ether oxygens (including phenoxy) is 2. The van der Waals surface area contributed by atoms with Crippen LogP contribution in [0.5, 0.6) is 5.75 Å². The minimum Gasteiger partial charge on any atom is -0.491 e. The zero-order chi connectivity index (χ0) is 38.4. The van der Waals surface area contributed by atoms with Gasteiger partial charge < -0.3 is 25.0 Å². The fourth-order valence-electron chi connectivity index (χ4n) is 7.29. The second-order valence-corrected chi connectivity index (χ2v) is 17.7. The Bertz CT molecular complexity index is 2160. The molecule has 17 heteroatoms. The summed E-state index contributed by atoms with van der Waals surface area (Å²) in [7, 11) is -3.93. The molecule has 2 saturated carbocycles. The highest BCUT2D eigenvalue weighted by molar-refractivity contribution is 7.91. The molecule has 0 radical (unpaired) electrons. The zero-order valence-corrected chi connectivity index (χ0v) is 31.7. The number of thiophene rings is 1. The van der Waals surface area contributed by atoms with Crippen molar-refractivity contribution in [1.29, 1.82) is 0 Å². The molecule has 3 fully saturated rings. The number of sulfonamides is 1. The summed E-state index contributed by atoms with van der Waals surface area (Å²) in [5.74, 6) is -2.87. The van der Waals surface area contributed by atoms with E-state index in [2.05, 4.69) is 27.0 Å². The average Bonchev–Trinajstić information content (AvgIpc) is 4.02. The van der Waals surface area contributed by atoms with Gasteiger partial charge in [0.1, 0.15) is 17.6 Å². The summed E-state index contributed by atoms with van der Waals surface area (Å²) in [6.07, 6.45) is 4.94. The molecule has 1 aromatic carbocycles. The van der Waals surface area contributed by atoms with Crippen LogP contribution in [0.2, 0.25) is 0 Å². The van der Waals surface area contributed by atoms with E-state index in [9.17, 15) is 32.4 Å². The summed E-state index contributed by atoms with van der Waals surface area (Å²) >= 11 is 1.54. The maximum atomic E-state index is 14.5. The molecular formula is C37H44N6O9S2. The van der Waals surface area contributed by atoms with Crippen LogP contribution in [0.3, 0.4) is 0 Å². The van der Waals surface area contributed by atoms with E-state index in [1.807, 2.05) is 29.6 Å². The maximum Gasteiger partial charge on any atom is 0.407 e. The molecule has 3 N–H and O–H groups in total. The van der Waals surface area contributed by atoms with Crippen LogP contribution in [0.15, 0.2) is 53.3 Å². The standard InChI is InChI=1S/C37H44N6O9S2/c1-4-24-18-37(24,35(47)41-54(49,50)26-10-11-26)40-32(44)27-17-25-20-42(27)34(46)31(21(2)3)39-36(48)52-14-7-5-6-13-51-28-19-38-43(25)33(45)30(28)23-9-8-22-12-15-53-29(22)16-23/h4,8-9,12,15-16,19,21,24-27,31H,1,5-7,10-11,13-14,17-18,20H2,2-3H3,(H,39,48)(H,40,44)(H,41,47)/t24?,25-,27+,31-,37?/m1/s1. The van der Waals surface area contributed by atoms with Crippen LogP contribution in [0.4, 0.5) is 4.79 Å². The van der Waals surface area contributed by atoms with E-state index in [0.717, 1.165) is 10.1 Å². The molecule has 54 heavy (non-hydrogen) atoms. The predicted octanol–water partition coefficient (Wildman–Crippen LogP) is 3.25. The van der Waals surface area contributed by atoms with Gasteiger partial charge in [0.2, 0.25) is 21.8 Å². The third kappa shape index (κ3) is 7.34. The number of nitrogens with one attached hydrogen (secondary N) is 3. The number of rotatable bonds is 8. The van der Waals surface area contributed by atoms with Gasteiger partial charge in [-0.25, -0.2) is 17.9 Å². The molecule has 4 amide bonds. The lowest BCUT2D eigenvalue weighted by Gasteiger charge is -2.31. The van der Waals surface area contributed by atoms with Crippen LogP contribution in [-0.4, -0.2) is 89.5 Å². The number of carbonyl (C=O) groups is 4. The van der Waals surface area contributed by atoms with Gasteiger partial charge in [0.15, 0.2) is 5.75 Å². The Labute approximate surface area is 316 Å². The Morgan fingerprint density at radius 2 is 1.87 bits per heavy atom. The lowest BCUT2D eigenvalue weighted by molar-refractivity contribution is -0.141. The van der Waals surface area contributed by atoms with Crippen molar-refractivity contribution in [3.8, 4) is 16.9 Å². The maximum absolute atomic E-state index is 14.5. The molecule has 2 aliphatic carbocycles. The average molecular weight is 781 g/mol. The second-order valence-electron chi connectivity index (χ2n) is 14.8. The minimum absolute atomic E-state index is 0.0693. The highest BCUT2D eigenvalue weighted by Crippen LogP contribution is 2.46. The van der Waals surface area contributed by atoms with Gasteiger partial charge in [-0.05, 0) is 72.9 Å². The number of nitrogens with zero attached hydrogens (tertiary/aromatic N) is 3. The largest absolute Gasteiger partial charge is 0.491 e. The molecule has 8 rings (SSSR count). The van der Waals surface area contributed by atoms with Crippen LogP contribution in [0, 0.1) is 11.8 Å². The SMILES string of the molecule is C=CC1CC1(NC(=O)[C@@H]1C[C@@H]2CN1C(=O)[C@@H](C(C)C)NC(=O)OCCCCCOc1cnn2c(=O)c1-c1ccc2ccsc2c1)C(=O)NS(=O)(=O)C1CC1. The summed E-state index contributed by atoms with van der Waals surface area (Å²) in [6, 6.07) is 4.57. The molecule has 3 aromatic rings. The fraction of sp³-hybridized carbons (Fsp3) is 0.514. The molecule has 5 atom stereocenters. The Hall–Kier alpha value is -4.77. The van der Waals surface area contributed by atoms with E-state index < -0.39 is 80.1 Å². The molecule has 1 saturated heterocycles. The van der Waals surface area contributed by atoms with Gasteiger partial charge in [-0.1, -0.05) is 32.1 Å². The van der Waals surface area contributed by atoms with E-state index in [0.29, 0.717) is 49.0 Å². The van der Waals surface area contributed by atoms with Crippen LogP contribution in [0.1, 0.15) is 64.8 Å². The summed E-state index contributed by atoms with van der Waals surface area (Å²) in [6.45, 7) is 7.52. The number of benzene rings is 1. The van der Waals surface area contributed by atoms with Crippen LogP contribution < -0.4 is 25.7 Å². The smallest absolute Gasteiger partial charge is 0.407 e. The summed E-state index contributed by atoms with van der Waals surface area (Å²) in [5, 5.41) is 12.3. The van der Waals surface area contributed by atoms with Crippen molar-refractivity contribution in [2.24, 2.45) is 11.8 Å². The van der Waals surface area contributed by atoms with Crippen molar-refractivity contribution in [3.63, 3.8) is 0 Å². The summed E-state index contributed by atoms with van der Waals surface area (Å²) in [5.41, 5.74) is -1.14. The van der Waals surface area contributed by atoms with Crippen LogP contribution in [-0.2, 0) is 29.1 Å². The molecule has 2 aromatic heterocycles. The molecule has 5 aliphatic rings. The first kappa shape index (κ1) is 37.5. The first-order valence-corrected chi connectivity index (χ1v) is 20.7. The molecule has 4 bridgehead atoms. The Balaban J connectivity index is 1.26. The number of hydrogen-bond donors (Lipinski definition) is 3. The van der Waals surface area contributed by atoms with Gasteiger partial charge >= 0.3 is 6.09 Å². The number of aromatic nitrogens is 2. The van der Waals surface area contributed by atoms with E-state index in [4.69, 9.17) is 9.47 Å². The minimum atomic E-state index is -3.93. The summed E-state index contributed by atoms with van der Waals surface area (Å²) in [4.78, 5) is 70.9. The third-order valence-corrected chi connectivity index (χ3v) is 13.4. The van der Waals surface area contributed by atoms with Crippen molar-refractivity contribution in [2.75, 3.05) is 19.8 Å². The lowest BCUT2D eigenvalue weighted by Crippen LogP contribution is -2.59. The molecule has 0 spiro atoms. The molecular weight excluding hydrogens is 737 g/mol. The van der Waals surface area contributed by atoms with E-state index in [-0.39, 0.29) is 32.6 Å². The van der Waals surface area contributed by atoms with Gasteiger partial charge in [-0.15, -0.1) is 17.9 Å². The van der Waals surface area contributed by atoms with Crippen molar-refractivity contribution < 1.29 is 37.1 Å². The zero-order valence-electron chi connectivity index (χ0n) is 30.1. The van der Waals surface area contributed by atoms with Crippen LogP contribution >= 0.6 is 11.3 Å². The third-order valence-electron chi connectivity index (χ3n) is 10.7. The molecule has 3 aliphatic heterocycles. The molecule has 2 unspecified atom stereocenters. The van der Waals surface area contributed by atoms with Crippen molar-refractivity contribution in [3.05, 3.63) is 58.9 Å². The number of carbonyl (C=O) groups excluding carboxylic acids is 4. The van der Waals surface area contributed by atoms with E-state index in [1.165, 1.54) is 21.9 Å². The lowest BCUT2D eigenvalue weighted by atomic mass is 10.0. The van der Waals surface area contributed by atoms with Crippen LogP contribution in [0.25, 0.3) is 21.2 Å². The molecule has 5 heterocycles. The second kappa shape index (κ2) is 14.8. The van der Waals surface area contributed by atoms with Gasteiger partial charge in [0, 0.05) is 23.6 Å². The number of hydrogen-bond acceptors (Lipinski definition) is 11. The van der Waals surface area contributed by atoms with Gasteiger partial charge in [0.05, 0.1) is 36.3 Å². The van der Waals surface area contributed by atoms with Crippen molar-refractivity contribution in [2.45, 2.75) is 87.7 Å². The fourth-order valence-corrected chi connectivity index (χ4v) is 9.48. The number of alkyl carbamates (subject to hydrolysis) is 1. The highest BCUT2D eigenvalue weighted by atomic mass is 32.2. The Kier molecular flexibility index (Phi) is 10.3. The Morgan fingerprint density at radius 3 is 2.57 bits per heavy atom.